The second-order valence-electron chi connectivity index (χ2n) is 5.82. The lowest BCUT2D eigenvalue weighted by Gasteiger charge is -2.16. The van der Waals surface area contributed by atoms with Gasteiger partial charge in [-0.25, -0.2) is 4.98 Å². The van der Waals surface area contributed by atoms with Gasteiger partial charge in [0.25, 0.3) is 5.56 Å². The SMILES string of the molecule is Cc1cc(Br)ccc1NC(=O)CN(C)Cc1cc(=O)n2ccsc2n1. The van der Waals surface area contributed by atoms with E-state index in [1.165, 1.54) is 21.8 Å². The number of rotatable bonds is 5. The molecule has 0 spiro atoms. The Labute approximate surface area is 157 Å². The summed E-state index contributed by atoms with van der Waals surface area (Å²) in [6, 6.07) is 7.21. The zero-order valence-corrected chi connectivity index (χ0v) is 16.2. The van der Waals surface area contributed by atoms with E-state index < -0.39 is 0 Å². The Bertz CT molecular complexity index is 982. The highest BCUT2D eigenvalue weighted by Gasteiger charge is 2.11. The number of thiazole rings is 1. The number of amides is 1. The lowest BCUT2D eigenvalue weighted by atomic mass is 10.2. The van der Waals surface area contributed by atoms with Gasteiger partial charge in [-0.3, -0.25) is 18.9 Å². The van der Waals surface area contributed by atoms with Crippen LogP contribution in [0.4, 0.5) is 5.69 Å². The van der Waals surface area contributed by atoms with Gasteiger partial charge >= 0.3 is 0 Å². The Morgan fingerprint density at radius 1 is 1.40 bits per heavy atom. The summed E-state index contributed by atoms with van der Waals surface area (Å²) in [6.07, 6.45) is 1.71. The third kappa shape index (κ3) is 4.33. The number of nitrogens with zero attached hydrogens (tertiary/aromatic N) is 3. The van der Waals surface area contributed by atoms with E-state index >= 15 is 0 Å². The highest BCUT2D eigenvalue weighted by Crippen LogP contribution is 2.20. The topological polar surface area (TPSA) is 66.7 Å². The zero-order valence-electron chi connectivity index (χ0n) is 13.8. The zero-order chi connectivity index (χ0) is 18.0. The number of nitrogens with one attached hydrogen (secondary N) is 1. The van der Waals surface area contributed by atoms with Gasteiger partial charge < -0.3 is 5.32 Å². The number of carbonyl (C=O) groups excluding carboxylic acids is 1. The van der Waals surface area contributed by atoms with Crippen LogP contribution in [0, 0.1) is 6.92 Å². The standard InChI is InChI=1S/C17H17BrN4O2S/c1-11-7-12(18)3-4-14(11)20-15(23)10-21(2)9-13-8-16(24)22-5-6-25-17(22)19-13/h3-8H,9-10H2,1-2H3,(H,20,23). The number of carbonyl (C=O) groups is 1. The molecule has 1 aromatic carbocycles. The van der Waals surface area contributed by atoms with Crippen molar-refractivity contribution in [1.29, 1.82) is 0 Å². The molecule has 0 saturated carbocycles. The molecule has 0 aliphatic rings. The minimum Gasteiger partial charge on any atom is -0.325 e. The molecule has 2 aromatic heterocycles. The lowest BCUT2D eigenvalue weighted by molar-refractivity contribution is -0.117. The van der Waals surface area contributed by atoms with Crippen molar-refractivity contribution in [3.8, 4) is 0 Å². The normalized spacial score (nSPS) is 11.2. The second-order valence-corrected chi connectivity index (χ2v) is 7.61. The van der Waals surface area contributed by atoms with E-state index in [-0.39, 0.29) is 18.0 Å². The fourth-order valence-corrected chi connectivity index (χ4v) is 3.72. The quantitative estimate of drug-likeness (QED) is 0.688. The van der Waals surface area contributed by atoms with Crippen LogP contribution < -0.4 is 10.9 Å². The van der Waals surface area contributed by atoms with Gasteiger partial charge in [-0.1, -0.05) is 15.9 Å². The van der Waals surface area contributed by atoms with Gasteiger partial charge in [0, 0.05) is 34.3 Å². The van der Waals surface area contributed by atoms with E-state index in [0.29, 0.717) is 17.2 Å². The maximum atomic E-state index is 12.2. The van der Waals surface area contributed by atoms with Gasteiger partial charge in [0.05, 0.1) is 12.2 Å². The molecular formula is C17H17BrN4O2S. The fourth-order valence-electron chi connectivity index (χ4n) is 2.50. The van der Waals surface area contributed by atoms with E-state index in [1.54, 1.807) is 6.20 Å². The monoisotopic (exact) mass is 420 g/mol. The van der Waals surface area contributed by atoms with Crippen LogP contribution in [0.25, 0.3) is 4.96 Å². The molecule has 3 rings (SSSR count). The Kier molecular flexibility index (Phi) is 5.31. The van der Waals surface area contributed by atoms with E-state index in [0.717, 1.165) is 15.7 Å². The van der Waals surface area contributed by atoms with Crippen LogP contribution >= 0.6 is 27.3 Å². The van der Waals surface area contributed by atoms with Crippen molar-refractivity contribution in [3.05, 3.63) is 61.9 Å². The Balaban J connectivity index is 1.63. The summed E-state index contributed by atoms with van der Waals surface area (Å²) in [6.45, 7) is 2.58. The van der Waals surface area contributed by atoms with Crippen molar-refractivity contribution in [2.24, 2.45) is 0 Å². The number of halogens is 1. The van der Waals surface area contributed by atoms with Gasteiger partial charge in [-0.05, 0) is 37.7 Å². The maximum Gasteiger partial charge on any atom is 0.258 e. The highest BCUT2D eigenvalue weighted by atomic mass is 79.9. The van der Waals surface area contributed by atoms with E-state index in [2.05, 4.69) is 26.2 Å². The first-order valence-corrected chi connectivity index (χ1v) is 9.30. The summed E-state index contributed by atoms with van der Waals surface area (Å²) in [5, 5.41) is 4.73. The Morgan fingerprint density at radius 2 is 2.20 bits per heavy atom. The first-order chi connectivity index (χ1) is 11.9. The molecule has 0 aliphatic carbocycles. The lowest BCUT2D eigenvalue weighted by Crippen LogP contribution is -2.30. The average molecular weight is 421 g/mol. The van der Waals surface area contributed by atoms with Gasteiger partial charge in [0.15, 0.2) is 4.96 Å². The summed E-state index contributed by atoms with van der Waals surface area (Å²) in [5.74, 6) is -0.109. The molecule has 1 amide bonds. The Morgan fingerprint density at radius 3 is 2.96 bits per heavy atom. The summed E-state index contributed by atoms with van der Waals surface area (Å²) in [7, 11) is 1.83. The van der Waals surface area contributed by atoms with Gasteiger partial charge in [-0.15, -0.1) is 11.3 Å². The van der Waals surface area contributed by atoms with Gasteiger partial charge in [-0.2, -0.15) is 0 Å². The van der Waals surface area contributed by atoms with Crippen molar-refractivity contribution in [2.45, 2.75) is 13.5 Å². The van der Waals surface area contributed by atoms with Crippen LogP contribution in [-0.2, 0) is 11.3 Å². The van der Waals surface area contributed by atoms with Crippen molar-refractivity contribution < 1.29 is 4.79 Å². The van der Waals surface area contributed by atoms with E-state index in [4.69, 9.17) is 0 Å². The first kappa shape index (κ1) is 17.8. The first-order valence-electron chi connectivity index (χ1n) is 7.63. The molecule has 0 atom stereocenters. The second kappa shape index (κ2) is 7.47. The number of hydrogen-bond donors (Lipinski definition) is 1. The minimum absolute atomic E-state index is 0.107. The number of fused-ring (bicyclic) bond motifs is 1. The molecule has 1 N–H and O–H groups in total. The average Bonchev–Trinajstić information content (AvgIpc) is 2.99. The van der Waals surface area contributed by atoms with Crippen LogP contribution in [0.5, 0.6) is 0 Å². The predicted molar refractivity (Wildman–Crippen MR) is 103 cm³/mol. The smallest absolute Gasteiger partial charge is 0.258 e. The van der Waals surface area contributed by atoms with Crippen molar-refractivity contribution in [1.82, 2.24) is 14.3 Å². The molecule has 0 saturated heterocycles. The van der Waals surface area contributed by atoms with Crippen molar-refractivity contribution in [2.75, 3.05) is 18.9 Å². The summed E-state index contributed by atoms with van der Waals surface area (Å²) in [5.41, 5.74) is 2.33. The highest BCUT2D eigenvalue weighted by molar-refractivity contribution is 9.10. The Hall–Kier alpha value is -2.03. The summed E-state index contributed by atoms with van der Waals surface area (Å²) >= 11 is 4.82. The molecule has 0 fully saturated rings. The molecule has 3 aromatic rings. The number of aromatic nitrogens is 2. The molecule has 0 bridgehead atoms. The molecule has 0 unspecified atom stereocenters. The predicted octanol–water partition coefficient (Wildman–Crippen LogP) is 2.90. The van der Waals surface area contributed by atoms with Crippen molar-refractivity contribution >= 4 is 43.8 Å². The molecule has 130 valence electrons. The molecule has 25 heavy (non-hydrogen) atoms. The number of anilines is 1. The number of aryl methyl sites for hydroxylation is 1. The molecule has 2 heterocycles. The summed E-state index contributed by atoms with van der Waals surface area (Å²) < 4.78 is 2.48. The van der Waals surface area contributed by atoms with Crippen LogP contribution in [0.3, 0.4) is 0 Å². The van der Waals surface area contributed by atoms with Crippen LogP contribution in [-0.4, -0.2) is 33.8 Å². The molecule has 0 radical (unpaired) electrons. The fraction of sp³-hybridized carbons (Fsp3) is 0.235. The number of hydrogen-bond acceptors (Lipinski definition) is 5. The van der Waals surface area contributed by atoms with Crippen LogP contribution in [0.1, 0.15) is 11.3 Å². The molecule has 0 aliphatic heterocycles. The van der Waals surface area contributed by atoms with Crippen molar-refractivity contribution in [3.63, 3.8) is 0 Å². The third-order valence-electron chi connectivity index (χ3n) is 3.66. The maximum absolute atomic E-state index is 12.2. The number of likely N-dealkylation sites (N-methyl/N-ethyl adjacent to an activating group) is 1. The van der Waals surface area contributed by atoms with Gasteiger partial charge in [0.2, 0.25) is 5.91 Å². The van der Waals surface area contributed by atoms with E-state index in [1.807, 2.05) is 42.5 Å². The molecule has 6 nitrogen and oxygen atoms in total. The summed E-state index contributed by atoms with van der Waals surface area (Å²) in [4.78, 5) is 31.2. The minimum atomic E-state index is -0.109. The van der Waals surface area contributed by atoms with Crippen LogP contribution in [0.2, 0.25) is 0 Å². The largest absolute Gasteiger partial charge is 0.325 e. The molecular weight excluding hydrogens is 404 g/mol. The van der Waals surface area contributed by atoms with Gasteiger partial charge in [0.1, 0.15) is 0 Å². The number of benzene rings is 1. The van der Waals surface area contributed by atoms with E-state index in [9.17, 15) is 9.59 Å². The third-order valence-corrected chi connectivity index (χ3v) is 4.91. The van der Waals surface area contributed by atoms with Crippen LogP contribution in [0.15, 0.2) is 45.1 Å². The molecule has 8 heteroatoms.